The van der Waals surface area contributed by atoms with Gasteiger partial charge in [0.2, 0.25) is 0 Å². The Labute approximate surface area is 182 Å². The molecule has 158 valence electrons. The summed E-state index contributed by atoms with van der Waals surface area (Å²) in [7, 11) is 0. The lowest BCUT2D eigenvalue weighted by atomic mass is 9.82. The maximum Gasteiger partial charge on any atom is 0.258 e. The summed E-state index contributed by atoms with van der Waals surface area (Å²) in [5, 5.41) is 11.3. The lowest BCUT2D eigenvalue weighted by Crippen LogP contribution is -2.42. The van der Waals surface area contributed by atoms with E-state index in [1.165, 1.54) is 5.56 Å². The molecule has 3 aromatic rings. The molecule has 1 aliphatic heterocycles. The number of primary amides is 1. The molecule has 0 bridgehead atoms. The number of benzene rings is 3. The standard InChI is InChI=1S/C26H26N2O3/c1-18-17-20(24(29)28-16-8-7-10-19-9-5-6-13-23(19)28)14-15-22(18)26(31,25(27)30)21-11-3-2-4-12-21/h2-6,9,11-15,17,31H,7-8,10,16H2,1H3,(H2,27,30). The number of nitrogens with zero attached hydrogens (tertiary/aromatic N) is 1. The van der Waals surface area contributed by atoms with Crippen LogP contribution in [0.1, 0.15) is 45.5 Å². The summed E-state index contributed by atoms with van der Waals surface area (Å²) in [4.78, 5) is 27.5. The van der Waals surface area contributed by atoms with Gasteiger partial charge in [-0.1, -0.05) is 54.6 Å². The van der Waals surface area contributed by atoms with Gasteiger partial charge in [-0.3, -0.25) is 9.59 Å². The number of hydrogen-bond donors (Lipinski definition) is 2. The van der Waals surface area contributed by atoms with Crippen molar-refractivity contribution in [3.05, 3.63) is 101 Å². The topological polar surface area (TPSA) is 83.6 Å². The van der Waals surface area contributed by atoms with E-state index >= 15 is 0 Å². The Balaban J connectivity index is 1.73. The van der Waals surface area contributed by atoms with Crippen molar-refractivity contribution in [1.82, 2.24) is 0 Å². The van der Waals surface area contributed by atoms with E-state index in [2.05, 4.69) is 6.07 Å². The van der Waals surface area contributed by atoms with Crippen LogP contribution in [-0.4, -0.2) is 23.5 Å². The minimum atomic E-state index is -1.97. The van der Waals surface area contributed by atoms with Crippen molar-refractivity contribution in [3.63, 3.8) is 0 Å². The third-order valence-electron chi connectivity index (χ3n) is 6.02. The molecular weight excluding hydrogens is 388 g/mol. The normalized spacial score (nSPS) is 15.5. The molecule has 5 nitrogen and oxygen atoms in total. The van der Waals surface area contributed by atoms with Crippen molar-refractivity contribution >= 4 is 17.5 Å². The lowest BCUT2D eigenvalue weighted by molar-refractivity contribution is -0.133. The van der Waals surface area contributed by atoms with Gasteiger partial charge in [-0.05, 0) is 61.1 Å². The van der Waals surface area contributed by atoms with Gasteiger partial charge in [-0.15, -0.1) is 0 Å². The first kappa shape index (κ1) is 20.8. The fourth-order valence-electron chi connectivity index (χ4n) is 4.37. The highest BCUT2D eigenvalue weighted by atomic mass is 16.3. The summed E-state index contributed by atoms with van der Waals surface area (Å²) in [5.41, 5.74) is 7.68. The number of carbonyl (C=O) groups is 2. The number of fused-ring (bicyclic) bond motifs is 1. The molecule has 3 N–H and O–H groups in total. The molecule has 1 unspecified atom stereocenters. The van der Waals surface area contributed by atoms with Crippen LogP contribution >= 0.6 is 0 Å². The molecule has 2 amide bonds. The van der Waals surface area contributed by atoms with Crippen LogP contribution in [0.15, 0.2) is 72.8 Å². The Morgan fingerprint density at radius 2 is 1.68 bits per heavy atom. The number of para-hydroxylation sites is 1. The summed E-state index contributed by atoms with van der Waals surface area (Å²) in [6.07, 6.45) is 2.94. The highest BCUT2D eigenvalue weighted by Crippen LogP contribution is 2.33. The Kier molecular flexibility index (Phi) is 5.61. The summed E-state index contributed by atoms with van der Waals surface area (Å²) in [5.74, 6) is -0.950. The third kappa shape index (κ3) is 3.73. The zero-order valence-corrected chi connectivity index (χ0v) is 17.5. The number of amides is 2. The van der Waals surface area contributed by atoms with Crippen molar-refractivity contribution in [2.45, 2.75) is 31.8 Å². The molecule has 1 atom stereocenters. The second-order valence-corrected chi connectivity index (χ2v) is 8.01. The summed E-state index contributed by atoms with van der Waals surface area (Å²) >= 11 is 0. The molecule has 4 rings (SSSR count). The number of aryl methyl sites for hydroxylation is 2. The third-order valence-corrected chi connectivity index (χ3v) is 6.02. The van der Waals surface area contributed by atoms with E-state index in [-0.39, 0.29) is 5.91 Å². The van der Waals surface area contributed by atoms with Crippen LogP contribution in [0.2, 0.25) is 0 Å². The predicted octanol–water partition coefficient (Wildman–Crippen LogP) is 3.70. The SMILES string of the molecule is Cc1cc(C(=O)N2CCCCc3ccccc32)ccc1C(O)(C(N)=O)c1ccccc1. The van der Waals surface area contributed by atoms with Gasteiger partial charge in [0.25, 0.3) is 11.8 Å². The van der Waals surface area contributed by atoms with Gasteiger partial charge in [-0.2, -0.15) is 0 Å². The Morgan fingerprint density at radius 3 is 2.39 bits per heavy atom. The second-order valence-electron chi connectivity index (χ2n) is 8.01. The van der Waals surface area contributed by atoms with Crippen molar-refractivity contribution in [3.8, 4) is 0 Å². The van der Waals surface area contributed by atoms with Crippen LogP contribution in [0.4, 0.5) is 5.69 Å². The van der Waals surface area contributed by atoms with Gasteiger partial charge in [-0.25, -0.2) is 0 Å². The lowest BCUT2D eigenvalue weighted by Gasteiger charge is -2.28. The second kappa shape index (κ2) is 8.36. The Hall–Kier alpha value is -3.44. The molecule has 1 aliphatic rings. The van der Waals surface area contributed by atoms with Gasteiger partial charge in [0.05, 0.1) is 0 Å². The van der Waals surface area contributed by atoms with E-state index in [1.807, 2.05) is 23.1 Å². The Bertz CT molecular complexity index is 1130. The van der Waals surface area contributed by atoms with E-state index in [1.54, 1.807) is 55.5 Å². The summed E-state index contributed by atoms with van der Waals surface area (Å²) in [6, 6.07) is 21.6. The van der Waals surface area contributed by atoms with Crippen molar-refractivity contribution in [2.75, 3.05) is 11.4 Å². The van der Waals surface area contributed by atoms with Crippen molar-refractivity contribution in [2.24, 2.45) is 5.73 Å². The highest BCUT2D eigenvalue weighted by Gasteiger charge is 2.39. The zero-order valence-electron chi connectivity index (χ0n) is 17.5. The van der Waals surface area contributed by atoms with Gasteiger partial charge in [0, 0.05) is 23.4 Å². The summed E-state index contributed by atoms with van der Waals surface area (Å²) in [6.45, 7) is 2.44. The van der Waals surface area contributed by atoms with Gasteiger partial charge >= 0.3 is 0 Å². The smallest absolute Gasteiger partial charge is 0.258 e. The molecule has 1 heterocycles. The average Bonchev–Trinajstić information content (AvgIpc) is 3.01. The van der Waals surface area contributed by atoms with Crippen molar-refractivity contribution in [1.29, 1.82) is 0 Å². The number of anilines is 1. The molecule has 0 radical (unpaired) electrons. The fraction of sp³-hybridized carbons (Fsp3) is 0.231. The highest BCUT2D eigenvalue weighted by molar-refractivity contribution is 6.07. The maximum absolute atomic E-state index is 13.4. The largest absolute Gasteiger partial charge is 0.372 e. The number of aliphatic hydroxyl groups is 1. The number of rotatable bonds is 4. The first-order valence-electron chi connectivity index (χ1n) is 10.5. The monoisotopic (exact) mass is 414 g/mol. The van der Waals surface area contributed by atoms with Gasteiger partial charge in [0.15, 0.2) is 5.60 Å². The quantitative estimate of drug-likeness (QED) is 0.683. The molecular formula is C26H26N2O3. The average molecular weight is 415 g/mol. The van der Waals surface area contributed by atoms with Crippen LogP contribution in [0.3, 0.4) is 0 Å². The Morgan fingerprint density at radius 1 is 0.968 bits per heavy atom. The number of hydrogen-bond acceptors (Lipinski definition) is 3. The molecule has 3 aromatic carbocycles. The molecule has 5 heteroatoms. The van der Waals surface area contributed by atoms with Crippen LogP contribution < -0.4 is 10.6 Å². The van der Waals surface area contributed by atoms with E-state index in [0.717, 1.165) is 24.9 Å². The molecule has 0 fully saturated rings. The molecule has 0 aliphatic carbocycles. The van der Waals surface area contributed by atoms with Crippen LogP contribution in [0.25, 0.3) is 0 Å². The first-order chi connectivity index (χ1) is 14.9. The van der Waals surface area contributed by atoms with Gasteiger partial charge in [0.1, 0.15) is 0 Å². The predicted molar refractivity (Wildman–Crippen MR) is 121 cm³/mol. The fourth-order valence-corrected chi connectivity index (χ4v) is 4.37. The van der Waals surface area contributed by atoms with E-state index in [0.29, 0.717) is 28.8 Å². The van der Waals surface area contributed by atoms with E-state index in [9.17, 15) is 14.7 Å². The minimum absolute atomic E-state index is 0.0914. The zero-order chi connectivity index (χ0) is 22.0. The van der Waals surface area contributed by atoms with Crippen LogP contribution in [0, 0.1) is 6.92 Å². The van der Waals surface area contributed by atoms with Crippen molar-refractivity contribution < 1.29 is 14.7 Å². The minimum Gasteiger partial charge on any atom is -0.372 e. The van der Waals surface area contributed by atoms with E-state index < -0.39 is 11.5 Å². The molecule has 0 saturated heterocycles. The van der Waals surface area contributed by atoms with E-state index in [4.69, 9.17) is 5.73 Å². The number of carbonyl (C=O) groups excluding carboxylic acids is 2. The maximum atomic E-state index is 13.4. The molecule has 0 spiro atoms. The number of nitrogens with two attached hydrogens (primary N) is 1. The first-order valence-corrected chi connectivity index (χ1v) is 10.5. The van der Waals surface area contributed by atoms with Gasteiger partial charge < -0.3 is 15.7 Å². The molecule has 0 saturated carbocycles. The summed E-state index contributed by atoms with van der Waals surface area (Å²) < 4.78 is 0. The molecule has 31 heavy (non-hydrogen) atoms. The van der Waals surface area contributed by atoms with Crippen LogP contribution in [-0.2, 0) is 16.8 Å². The molecule has 0 aromatic heterocycles. The van der Waals surface area contributed by atoms with Crippen LogP contribution in [0.5, 0.6) is 0 Å².